The Kier molecular flexibility index (Phi) is 3.38. The largest absolute Gasteiger partial charge is 0.349 e. The zero-order chi connectivity index (χ0) is 11.4. The molecule has 0 aromatic carbocycles. The van der Waals surface area contributed by atoms with Crippen molar-refractivity contribution in [3.8, 4) is 0 Å². The Morgan fingerprint density at radius 1 is 1.50 bits per heavy atom. The molecule has 0 radical (unpaired) electrons. The zero-order valence-corrected chi connectivity index (χ0v) is 9.85. The summed E-state index contributed by atoms with van der Waals surface area (Å²) in [5.74, 6) is 1.88. The van der Waals surface area contributed by atoms with Crippen molar-refractivity contribution in [2.45, 2.75) is 19.4 Å². The number of likely N-dealkylation sites (tertiary alicyclic amines) is 1. The monoisotopic (exact) mass is 222 g/mol. The van der Waals surface area contributed by atoms with Crippen LogP contribution in [0.3, 0.4) is 0 Å². The maximum atomic E-state index is 4.27. The minimum absolute atomic E-state index is 0.666. The highest BCUT2D eigenvalue weighted by Gasteiger charge is 2.15. The Balaban J connectivity index is 1.90. The number of aliphatic imine (C=N–C) groups is 1. The second kappa shape index (κ2) is 4.96. The van der Waals surface area contributed by atoms with Crippen LogP contribution in [0.25, 0.3) is 0 Å². The third-order valence-electron chi connectivity index (χ3n) is 2.83. The van der Waals surface area contributed by atoms with E-state index in [1.165, 1.54) is 12.8 Å². The Morgan fingerprint density at radius 2 is 2.25 bits per heavy atom. The van der Waals surface area contributed by atoms with Gasteiger partial charge in [0.2, 0.25) is 0 Å². The molecule has 1 aromatic heterocycles. The van der Waals surface area contributed by atoms with E-state index in [9.17, 15) is 0 Å². The van der Waals surface area contributed by atoms with E-state index >= 15 is 0 Å². The molecule has 0 spiro atoms. The van der Waals surface area contributed by atoms with Gasteiger partial charge in [-0.2, -0.15) is 0 Å². The van der Waals surface area contributed by atoms with Crippen LogP contribution in [0.5, 0.6) is 0 Å². The van der Waals surface area contributed by atoms with E-state index in [2.05, 4.69) is 25.4 Å². The molecule has 16 heavy (non-hydrogen) atoms. The minimum Gasteiger partial charge on any atom is -0.349 e. The van der Waals surface area contributed by atoms with Crippen LogP contribution in [-0.4, -0.2) is 45.8 Å². The van der Waals surface area contributed by atoms with Crippen molar-refractivity contribution in [1.29, 1.82) is 0 Å². The van der Waals surface area contributed by atoms with E-state index in [1.54, 1.807) is 6.33 Å². The number of nitrogens with one attached hydrogen (secondary N) is 1. The Hall–Kier alpha value is -1.59. The van der Waals surface area contributed by atoms with Crippen molar-refractivity contribution < 1.29 is 0 Å². The van der Waals surface area contributed by atoms with Crippen molar-refractivity contribution in [1.82, 2.24) is 25.0 Å². The SMILES string of the molecule is CN=C(NCc1nncn1C)N1CCCC1. The molecule has 1 saturated heterocycles. The summed E-state index contributed by atoms with van der Waals surface area (Å²) in [5, 5.41) is 11.2. The number of aromatic nitrogens is 3. The minimum atomic E-state index is 0.666. The Bertz CT molecular complexity index is 363. The van der Waals surface area contributed by atoms with E-state index in [-0.39, 0.29) is 0 Å². The maximum Gasteiger partial charge on any atom is 0.194 e. The molecule has 1 aliphatic rings. The molecule has 2 heterocycles. The fourth-order valence-corrected chi connectivity index (χ4v) is 1.89. The fourth-order valence-electron chi connectivity index (χ4n) is 1.89. The first-order chi connectivity index (χ1) is 7.81. The zero-order valence-electron chi connectivity index (χ0n) is 9.85. The third kappa shape index (κ3) is 2.32. The molecule has 1 fully saturated rings. The summed E-state index contributed by atoms with van der Waals surface area (Å²) in [4.78, 5) is 6.55. The number of hydrogen-bond acceptors (Lipinski definition) is 3. The van der Waals surface area contributed by atoms with Gasteiger partial charge >= 0.3 is 0 Å². The van der Waals surface area contributed by atoms with Crippen LogP contribution in [0, 0.1) is 0 Å². The Morgan fingerprint density at radius 3 is 2.81 bits per heavy atom. The average molecular weight is 222 g/mol. The predicted octanol–water partition coefficient (Wildman–Crippen LogP) is -0.0137. The molecule has 0 saturated carbocycles. The van der Waals surface area contributed by atoms with Crippen molar-refractivity contribution in [3.05, 3.63) is 12.2 Å². The average Bonchev–Trinajstić information content (AvgIpc) is 2.92. The first-order valence-corrected chi connectivity index (χ1v) is 5.59. The molecule has 0 unspecified atom stereocenters. The number of guanidine groups is 1. The first-order valence-electron chi connectivity index (χ1n) is 5.59. The van der Waals surface area contributed by atoms with Gasteiger partial charge in [0.15, 0.2) is 11.8 Å². The second-order valence-electron chi connectivity index (χ2n) is 3.95. The molecule has 0 amide bonds. The molecule has 1 aliphatic heterocycles. The topological polar surface area (TPSA) is 58.3 Å². The number of rotatable bonds is 2. The molecular formula is C10H18N6. The van der Waals surface area contributed by atoms with Crippen molar-refractivity contribution >= 4 is 5.96 Å². The molecule has 0 bridgehead atoms. The molecule has 1 aromatic rings. The quantitative estimate of drug-likeness (QED) is 0.564. The van der Waals surface area contributed by atoms with Gasteiger partial charge in [0, 0.05) is 27.2 Å². The van der Waals surface area contributed by atoms with Crippen molar-refractivity contribution in [2.24, 2.45) is 12.0 Å². The van der Waals surface area contributed by atoms with Gasteiger partial charge in [0.1, 0.15) is 6.33 Å². The number of nitrogens with zero attached hydrogens (tertiary/aromatic N) is 5. The van der Waals surface area contributed by atoms with Gasteiger partial charge in [-0.1, -0.05) is 0 Å². The Labute approximate surface area is 95.4 Å². The first kappa shape index (κ1) is 10.9. The maximum absolute atomic E-state index is 4.27. The van der Waals surface area contributed by atoms with Crippen LogP contribution in [0.2, 0.25) is 0 Å². The van der Waals surface area contributed by atoms with Gasteiger partial charge < -0.3 is 14.8 Å². The van der Waals surface area contributed by atoms with Crippen molar-refractivity contribution in [3.63, 3.8) is 0 Å². The summed E-state index contributed by atoms with van der Waals surface area (Å²) in [5.41, 5.74) is 0. The molecule has 0 atom stereocenters. The van der Waals surface area contributed by atoms with Gasteiger partial charge in [0.25, 0.3) is 0 Å². The second-order valence-corrected chi connectivity index (χ2v) is 3.95. The summed E-state index contributed by atoms with van der Waals surface area (Å²) in [7, 11) is 3.76. The molecule has 88 valence electrons. The van der Waals surface area contributed by atoms with Gasteiger partial charge in [-0.15, -0.1) is 10.2 Å². The lowest BCUT2D eigenvalue weighted by Crippen LogP contribution is -2.39. The molecule has 1 N–H and O–H groups in total. The van der Waals surface area contributed by atoms with Crippen LogP contribution in [-0.2, 0) is 13.6 Å². The fraction of sp³-hybridized carbons (Fsp3) is 0.700. The smallest absolute Gasteiger partial charge is 0.194 e. The highest BCUT2D eigenvalue weighted by atomic mass is 15.3. The van der Waals surface area contributed by atoms with Gasteiger partial charge in [-0.05, 0) is 12.8 Å². The molecule has 6 heteroatoms. The van der Waals surface area contributed by atoms with E-state index in [4.69, 9.17) is 0 Å². The lowest BCUT2D eigenvalue weighted by atomic mass is 10.4. The van der Waals surface area contributed by atoms with Gasteiger partial charge in [0.05, 0.1) is 6.54 Å². The highest BCUT2D eigenvalue weighted by molar-refractivity contribution is 5.79. The van der Waals surface area contributed by atoms with E-state index in [1.807, 2.05) is 18.7 Å². The lowest BCUT2D eigenvalue weighted by molar-refractivity contribution is 0.491. The standard InChI is InChI=1S/C10H18N6/c1-11-10(16-5-3-4-6-16)12-7-9-14-13-8-15(9)2/h8H,3-7H2,1-2H3,(H,11,12). The van der Waals surface area contributed by atoms with Gasteiger partial charge in [-0.3, -0.25) is 4.99 Å². The van der Waals surface area contributed by atoms with Crippen LogP contribution in [0.4, 0.5) is 0 Å². The van der Waals surface area contributed by atoms with Gasteiger partial charge in [-0.25, -0.2) is 0 Å². The molecule has 6 nitrogen and oxygen atoms in total. The summed E-state index contributed by atoms with van der Waals surface area (Å²) in [6, 6.07) is 0. The summed E-state index contributed by atoms with van der Waals surface area (Å²) >= 11 is 0. The van der Waals surface area contributed by atoms with Crippen molar-refractivity contribution in [2.75, 3.05) is 20.1 Å². The van der Waals surface area contributed by atoms with Crippen LogP contribution >= 0.6 is 0 Å². The molecule has 0 aliphatic carbocycles. The molecular weight excluding hydrogens is 204 g/mol. The lowest BCUT2D eigenvalue weighted by Gasteiger charge is -2.20. The number of hydrogen-bond donors (Lipinski definition) is 1. The third-order valence-corrected chi connectivity index (χ3v) is 2.83. The van der Waals surface area contributed by atoms with E-state index in [0.717, 1.165) is 24.9 Å². The number of aryl methyl sites for hydroxylation is 1. The van der Waals surface area contributed by atoms with Crippen LogP contribution in [0.15, 0.2) is 11.3 Å². The summed E-state index contributed by atoms with van der Waals surface area (Å²) in [6.07, 6.45) is 4.21. The van der Waals surface area contributed by atoms with E-state index in [0.29, 0.717) is 6.54 Å². The predicted molar refractivity (Wildman–Crippen MR) is 62.0 cm³/mol. The van der Waals surface area contributed by atoms with E-state index < -0.39 is 0 Å². The normalized spacial score (nSPS) is 16.9. The highest BCUT2D eigenvalue weighted by Crippen LogP contribution is 2.07. The van der Waals surface area contributed by atoms with Crippen LogP contribution in [0.1, 0.15) is 18.7 Å². The molecule has 2 rings (SSSR count). The summed E-state index contributed by atoms with van der Waals surface area (Å²) in [6.45, 7) is 2.86. The summed E-state index contributed by atoms with van der Waals surface area (Å²) < 4.78 is 1.91. The van der Waals surface area contributed by atoms with Crippen LogP contribution < -0.4 is 5.32 Å².